The van der Waals surface area contributed by atoms with Gasteiger partial charge in [0.05, 0.1) is 0 Å². The lowest BCUT2D eigenvalue weighted by Crippen LogP contribution is -2.27. The molecule has 1 saturated carbocycles. The van der Waals surface area contributed by atoms with Gasteiger partial charge >= 0.3 is 0 Å². The Balaban J connectivity index is 2.19. The highest BCUT2D eigenvalue weighted by Crippen LogP contribution is 2.27. The molecule has 2 nitrogen and oxygen atoms in total. The van der Waals surface area contributed by atoms with Crippen molar-refractivity contribution < 1.29 is 4.39 Å². The van der Waals surface area contributed by atoms with E-state index in [0.717, 1.165) is 12.1 Å². The van der Waals surface area contributed by atoms with E-state index >= 15 is 0 Å². The van der Waals surface area contributed by atoms with E-state index in [1.807, 2.05) is 0 Å². The van der Waals surface area contributed by atoms with Crippen molar-refractivity contribution in [2.45, 2.75) is 45.1 Å². The summed E-state index contributed by atoms with van der Waals surface area (Å²) in [6, 6.07) is 5.01. The van der Waals surface area contributed by atoms with Gasteiger partial charge in [0, 0.05) is 17.3 Å². The molecular weight excluding hydrogens is 259 g/mol. The Labute approximate surface area is 119 Å². The van der Waals surface area contributed by atoms with Gasteiger partial charge in [-0.1, -0.05) is 38.4 Å². The van der Waals surface area contributed by atoms with E-state index in [4.69, 9.17) is 18.0 Å². The number of benzene rings is 1. The van der Waals surface area contributed by atoms with E-state index in [1.54, 1.807) is 6.07 Å². The highest BCUT2D eigenvalue weighted by molar-refractivity contribution is 7.80. The Kier molecular flexibility index (Phi) is 4.75. The predicted octanol–water partition coefficient (Wildman–Crippen LogP) is 3.84. The molecule has 0 radical (unpaired) electrons. The molecule has 0 aliphatic heterocycles. The standard InChI is InChI=1S/C15H21FN2S/c1-10-5-3-2-4-6-13(10)18-14-8-7-11(16)9-12(14)15(17)19/h7-10,13,18H,2-6H2,1H3,(H2,17,19). The average molecular weight is 280 g/mol. The largest absolute Gasteiger partial charge is 0.389 e. The summed E-state index contributed by atoms with van der Waals surface area (Å²) < 4.78 is 13.3. The van der Waals surface area contributed by atoms with Crippen LogP contribution in [0.3, 0.4) is 0 Å². The molecule has 0 heterocycles. The van der Waals surface area contributed by atoms with Crippen LogP contribution in [0.4, 0.5) is 10.1 Å². The molecule has 2 rings (SSSR count). The maximum Gasteiger partial charge on any atom is 0.124 e. The summed E-state index contributed by atoms with van der Waals surface area (Å²) in [6.45, 7) is 2.27. The van der Waals surface area contributed by atoms with Crippen molar-refractivity contribution in [2.75, 3.05) is 5.32 Å². The van der Waals surface area contributed by atoms with Crippen LogP contribution in [0.25, 0.3) is 0 Å². The summed E-state index contributed by atoms with van der Waals surface area (Å²) in [5.41, 5.74) is 7.14. The number of hydrogen-bond donors (Lipinski definition) is 2. The zero-order valence-electron chi connectivity index (χ0n) is 11.3. The lowest BCUT2D eigenvalue weighted by molar-refractivity contribution is 0.456. The molecule has 1 aliphatic rings. The van der Waals surface area contributed by atoms with Crippen LogP contribution >= 0.6 is 12.2 Å². The summed E-state index contributed by atoms with van der Waals surface area (Å²) >= 11 is 5.00. The quantitative estimate of drug-likeness (QED) is 0.652. The van der Waals surface area contributed by atoms with Crippen molar-refractivity contribution in [1.82, 2.24) is 0 Å². The second kappa shape index (κ2) is 6.33. The molecule has 2 atom stereocenters. The van der Waals surface area contributed by atoms with Gasteiger partial charge in [0.25, 0.3) is 0 Å². The molecule has 1 fully saturated rings. The lowest BCUT2D eigenvalue weighted by atomic mass is 9.96. The number of halogens is 1. The average Bonchev–Trinajstić information content (AvgIpc) is 2.57. The van der Waals surface area contributed by atoms with Crippen LogP contribution in [0.15, 0.2) is 18.2 Å². The number of hydrogen-bond acceptors (Lipinski definition) is 2. The number of nitrogens with one attached hydrogen (secondary N) is 1. The minimum Gasteiger partial charge on any atom is -0.389 e. The Morgan fingerprint density at radius 2 is 2.05 bits per heavy atom. The third-order valence-electron chi connectivity index (χ3n) is 3.95. The van der Waals surface area contributed by atoms with Crippen molar-refractivity contribution in [2.24, 2.45) is 11.7 Å². The van der Waals surface area contributed by atoms with Gasteiger partial charge in [-0.3, -0.25) is 0 Å². The van der Waals surface area contributed by atoms with Crippen molar-refractivity contribution in [3.05, 3.63) is 29.6 Å². The van der Waals surface area contributed by atoms with Crippen LogP contribution in [0.1, 0.15) is 44.6 Å². The van der Waals surface area contributed by atoms with Crippen LogP contribution in [0.5, 0.6) is 0 Å². The first-order chi connectivity index (χ1) is 9.08. The van der Waals surface area contributed by atoms with Gasteiger partial charge in [-0.2, -0.15) is 0 Å². The first kappa shape index (κ1) is 14.3. The van der Waals surface area contributed by atoms with Crippen molar-refractivity contribution in [1.29, 1.82) is 0 Å². The molecule has 1 aromatic rings. The number of anilines is 1. The monoisotopic (exact) mass is 280 g/mol. The Morgan fingerprint density at radius 3 is 2.79 bits per heavy atom. The molecule has 3 N–H and O–H groups in total. The molecule has 0 aromatic heterocycles. The molecule has 1 aliphatic carbocycles. The fourth-order valence-corrected chi connectivity index (χ4v) is 2.92. The molecule has 19 heavy (non-hydrogen) atoms. The van der Waals surface area contributed by atoms with Crippen LogP contribution in [-0.4, -0.2) is 11.0 Å². The summed E-state index contributed by atoms with van der Waals surface area (Å²) in [5, 5.41) is 3.51. The third-order valence-corrected chi connectivity index (χ3v) is 4.17. The predicted molar refractivity (Wildman–Crippen MR) is 81.9 cm³/mol. The summed E-state index contributed by atoms with van der Waals surface area (Å²) in [5.74, 6) is 0.314. The Hall–Kier alpha value is -1.16. The smallest absolute Gasteiger partial charge is 0.124 e. The fraction of sp³-hybridized carbons (Fsp3) is 0.533. The van der Waals surface area contributed by atoms with Gasteiger partial charge in [0.1, 0.15) is 10.8 Å². The van der Waals surface area contributed by atoms with E-state index in [-0.39, 0.29) is 10.8 Å². The maximum absolute atomic E-state index is 13.3. The highest BCUT2D eigenvalue weighted by Gasteiger charge is 2.20. The van der Waals surface area contributed by atoms with Gasteiger partial charge in [0.2, 0.25) is 0 Å². The molecule has 2 unspecified atom stereocenters. The van der Waals surface area contributed by atoms with Crippen LogP contribution < -0.4 is 11.1 Å². The second-order valence-electron chi connectivity index (χ2n) is 5.42. The minimum atomic E-state index is -0.303. The first-order valence-electron chi connectivity index (χ1n) is 6.94. The van der Waals surface area contributed by atoms with Gasteiger partial charge in [-0.15, -0.1) is 0 Å². The summed E-state index contributed by atoms with van der Waals surface area (Å²) in [4.78, 5) is 0.239. The SMILES string of the molecule is CC1CCCCCC1Nc1ccc(F)cc1C(N)=S. The number of nitrogens with two attached hydrogens (primary N) is 1. The van der Waals surface area contributed by atoms with Crippen LogP contribution in [0, 0.1) is 11.7 Å². The molecule has 0 spiro atoms. The zero-order valence-corrected chi connectivity index (χ0v) is 12.1. The third kappa shape index (κ3) is 3.66. The molecule has 1 aromatic carbocycles. The van der Waals surface area contributed by atoms with E-state index < -0.39 is 0 Å². The van der Waals surface area contributed by atoms with E-state index in [0.29, 0.717) is 17.5 Å². The molecule has 104 valence electrons. The van der Waals surface area contributed by atoms with E-state index in [1.165, 1.54) is 37.8 Å². The van der Waals surface area contributed by atoms with Gasteiger partial charge in [-0.05, 0) is 37.0 Å². The van der Waals surface area contributed by atoms with Crippen molar-refractivity contribution in [3.63, 3.8) is 0 Å². The molecule has 0 bridgehead atoms. The maximum atomic E-state index is 13.3. The second-order valence-corrected chi connectivity index (χ2v) is 5.86. The number of rotatable bonds is 3. The van der Waals surface area contributed by atoms with Gasteiger partial charge in [-0.25, -0.2) is 4.39 Å². The molecule has 0 amide bonds. The van der Waals surface area contributed by atoms with Crippen molar-refractivity contribution in [3.8, 4) is 0 Å². The fourth-order valence-electron chi connectivity index (χ4n) is 2.75. The number of thiocarbonyl (C=S) groups is 1. The molecule has 4 heteroatoms. The molecule has 0 saturated heterocycles. The minimum absolute atomic E-state index is 0.239. The van der Waals surface area contributed by atoms with E-state index in [9.17, 15) is 4.39 Å². The summed E-state index contributed by atoms with van der Waals surface area (Å²) in [7, 11) is 0. The normalized spacial score (nSPS) is 23.7. The lowest BCUT2D eigenvalue weighted by Gasteiger charge is -2.25. The topological polar surface area (TPSA) is 38.0 Å². The van der Waals surface area contributed by atoms with Gasteiger partial charge in [0.15, 0.2) is 0 Å². The Bertz CT molecular complexity index is 461. The Morgan fingerprint density at radius 1 is 1.32 bits per heavy atom. The van der Waals surface area contributed by atoms with Crippen LogP contribution in [0.2, 0.25) is 0 Å². The summed E-state index contributed by atoms with van der Waals surface area (Å²) in [6.07, 6.45) is 6.22. The van der Waals surface area contributed by atoms with Crippen molar-refractivity contribution >= 4 is 22.9 Å². The van der Waals surface area contributed by atoms with E-state index in [2.05, 4.69) is 12.2 Å². The highest BCUT2D eigenvalue weighted by atomic mass is 32.1. The zero-order chi connectivity index (χ0) is 13.8. The molecular formula is C15H21FN2S. The van der Waals surface area contributed by atoms with Gasteiger partial charge < -0.3 is 11.1 Å². The van der Waals surface area contributed by atoms with Crippen LogP contribution in [-0.2, 0) is 0 Å². The first-order valence-corrected chi connectivity index (χ1v) is 7.34.